The molecule has 1 aliphatic carbocycles. The van der Waals surface area contributed by atoms with Gasteiger partial charge in [0.25, 0.3) is 0 Å². The van der Waals surface area contributed by atoms with Crippen LogP contribution in [0.5, 0.6) is 0 Å². The maximum Gasteiger partial charge on any atom is 0.189 e. The van der Waals surface area contributed by atoms with Crippen molar-refractivity contribution in [3.05, 3.63) is 9.77 Å². The summed E-state index contributed by atoms with van der Waals surface area (Å²) >= 11 is 3.55. The molecule has 2 rings (SSSR count). The Morgan fingerprint density at radius 2 is 2.21 bits per heavy atom. The molecule has 0 unspecified atom stereocenters. The SMILES string of the molecule is CSc1ncc(I)c(N[C@@H]2C[C@H](CO)[C@@H](O)[C@H]2O)n1. The molecule has 6 nitrogen and oxygen atoms in total. The van der Waals surface area contributed by atoms with Gasteiger partial charge < -0.3 is 20.6 Å². The largest absolute Gasteiger partial charge is 0.396 e. The van der Waals surface area contributed by atoms with Crippen molar-refractivity contribution < 1.29 is 15.3 Å². The topological polar surface area (TPSA) is 98.5 Å². The van der Waals surface area contributed by atoms with E-state index in [4.69, 9.17) is 5.11 Å². The second kappa shape index (κ2) is 6.53. The van der Waals surface area contributed by atoms with E-state index >= 15 is 0 Å². The standard InChI is InChI=1S/C11H16IN3O3S/c1-19-11-13-3-6(12)10(15-11)14-7-2-5(4-16)8(17)9(7)18/h3,5,7-9,16-18H,2,4H2,1H3,(H,13,14,15)/t5-,7-,8-,9+/m1/s1. The summed E-state index contributed by atoms with van der Waals surface area (Å²) in [6.45, 7) is -0.132. The first-order chi connectivity index (χ1) is 9.06. The van der Waals surface area contributed by atoms with E-state index in [0.29, 0.717) is 17.4 Å². The van der Waals surface area contributed by atoms with Gasteiger partial charge in [-0.3, -0.25) is 0 Å². The normalized spacial score (nSPS) is 30.6. The van der Waals surface area contributed by atoms with Crippen LogP contribution in [0.25, 0.3) is 0 Å². The number of hydrogen-bond acceptors (Lipinski definition) is 7. The molecule has 4 atom stereocenters. The highest BCUT2D eigenvalue weighted by Crippen LogP contribution is 2.29. The number of nitrogens with zero attached hydrogens (tertiary/aromatic N) is 2. The molecule has 0 spiro atoms. The molecule has 1 aromatic rings. The number of nitrogens with one attached hydrogen (secondary N) is 1. The van der Waals surface area contributed by atoms with E-state index in [2.05, 4.69) is 37.9 Å². The van der Waals surface area contributed by atoms with Crippen LogP contribution in [0.15, 0.2) is 11.4 Å². The molecule has 0 saturated heterocycles. The monoisotopic (exact) mass is 397 g/mol. The summed E-state index contributed by atoms with van der Waals surface area (Å²) in [5, 5.41) is 32.7. The third-order valence-corrected chi connectivity index (χ3v) is 4.61. The van der Waals surface area contributed by atoms with Gasteiger partial charge in [0.2, 0.25) is 0 Å². The van der Waals surface area contributed by atoms with Crippen molar-refractivity contribution in [1.82, 2.24) is 9.97 Å². The molecule has 4 N–H and O–H groups in total. The van der Waals surface area contributed by atoms with E-state index in [9.17, 15) is 10.2 Å². The van der Waals surface area contributed by atoms with Gasteiger partial charge in [-0.2, -0.15) is 0 Å². The van der Waals surface area contributed by atoms with Crippen molar-refractivity contribution in [1.29, 1.82) is 0 Å². The van der Waals surface area contributed by atoms with E-state index in [-0.39, 0.29) is 18.6 Å². The predicted molar refractivity (Wildman–Crippen MR) is 81.1 cm³/mol. The van der Waals surface area contributed by atoms with Crippen molar-refractivity contribution in [3.63, 3.8) is 0 Å². The second-order valence-electron chi connectivity index (χ2n) is 4.46. The summed E-state index contributed by atoms with van der Waals surface area (Å²) in [6.07, 6.45) is 2.31. The van der Waals surface area contributed by atoms with E-state index in [1.807, 2.05) is 6.26 Å². The fraction of sp³-hybridized carbons (Fsp3) is 0.636. The highest BCUT2D eigenvalue weighted by molar-refractivity contribution is 14.1. The number of thioether (sulfide) groups is 1. The Bertz CT molecular complexity index is 451. The molecule has 0 aromatic carbocycles. The van der Waals surface area contributed by atoms with Crippen LogP contribution >= 0.6 is 34.4 Å². The summed E-state index contributed by atoms with van der Waals surface area (Å²) in [5.41, 5.74) is 0. The molecule has 19 heavy (non-hydrogen) atoms. The van der Waals surface area contributed by atoms with E-state index in [1.54, 1.807) is 6.20 Å². The van der Waals surface area contributed by atoms with Gasteiger partial charge in [0.1, 0.15) is 11.9 Å². The van der Waals surface area contributed by atoms with E-state index < -0.39 is 12.2 Å². The third kappa shape index (κ3) is 3.30. The Morgan fingerprint density at radius 1 is 1.47 bits per heavy atom. The first-order valence-corrected chi connectivity index (χ1v) is 8.17. The Morgan fingerprint density at radius 3 is 2.79 bits per heavy atom. The summed E-state index contributed by atoms with van der Waals surface area (Å²) in [6, 6.07) is -0.315. The van der Waals surface area contributed by atoms with Crippen LogP contribution in [-0.4, -0.2) is 56.4 Å². The smallest absolute Gasteiger partial charge is 0.189 e. The molecule has 0 bridgehead atoms. The molecular formula is C11H16IN3O3S. The molecule has 0 aliphatic heterocycles. The van der Waals surface area contributed by atoms with Gasteiger partial charge in [-0.15, -0.1) is 0 Å². The number of aromatic nitrogens is 2. The first kappa shape index (κ1) is 15.2. The molecule has 0 radical (unpaired) electrons. The highest BCUT2D eigenvalue weighted by atomic mass is 127. The Balaban J connectivity index is 2.13. The minimum Gasteiger partial charge on any atom is -0.396 e. The van der Waals surface area contributed by atoms with Gasteiger partial charge in [0.15, 0.2) is 5.16 Å². The van der Waals surface area contributed by atoms with Gasteiger partial charge >= 0.3 is 0 Å². The Kier molecular flexibility index (Phi) is 5.23. The molecule has 1 saturated carbocycles. The summed E-state index contributed by atoms with van der Waals surface area (Å²) < 4.78 is 0.851. The van der Waals surface area contributed by atoms with E-state index in [0.717, 1.165) is 3.57 Å². The molecule has 106 valence electrons. The number of hydrogen-bond donors (Lipinski definition) is 4. The fourth-order valence-electron chi connectivity index (χ4n) is 2.17. The third-order valence-electron chi connectivity index (χ3n) is 3.26. The van der Waals surface area contributed by atoms with Gasteiger partial charge in [0, 0.05) is 18.7 Å². The van der Waals surface area contributed by atoms with Crippen LogP contribution < -0.4 is 5.32 Å². The van der Waals surface area contributed by atoms with Gasteiger partial charge in [-0.05, 0) is 35.3 Å². The molecular weight excluding hydrogens is 381 g/mol. The molecule has 1 aliphatic rings. The fourth-order valence-corrected chi connectivity index (χ4v) is 2.93. The average molecular weight is 397 g/mol. The quantitative estimate of drug-likeness (QED) is 0.330. The minimum atomic E-state index is -0.902. The highest BCUT2D eigenvalue weighted by Gasteiger charge is 2.41. The van der Waals surface area contributed by atoms with Gasteiger partial charge in [-0.1, -0.05) is 11.8 Å². The van der Waals surface area contributed by atoms with Crippen molar-refractivity contribution in [3.8, 4) is 0 Å². The average Bonchev–Trinajstić information content (AvgIpc) is 2.69. The van der Waals surface area contributed by atoms with Crippen LogP contribution in [0.4, 0.5) is 5.82 Å². The predicted octanol–water partition coefficient (Wildman–Crippen LogP) is 0.318. The number of anilines is 1. The van der Waals surface area contributed by atoms with Crippen LogP contribution in [0.3, 0.4) is 0 Å². The Hall–Kier alpha value is -0.160. The van der Waals surface area contributed by atoms with Crippen LogP contribution in [0.2, 0.25) is 0 Å². The molecule has 0 amide bonds. The van der Waals surface area contributed by atoms with Crippen molar-refractivity contribution in [2.75, 3.05) is 18.2 Å². The van der Waals surface area contributed by atoms with Crippen molar-refractivity contribution >= 4 is 40.2 Å². The summed E-state index contributed by atoms with van der Waals surface area (Å²) in [7, 11) is 0. The minimum absolute atomic E-state index is 0.132. The summed E-state index contributed by atoms with van der Waals surface area (Å²) in [5.74, 6) is 0.349. The maximum atomic E-state index is 9.96. The maximum absolute atomic E-state index is 9.96. The first-order valence-electron chi connectivity index (χ1n) is 5.87. The van der Waals surface area contributed by atoms with Crippen molar-refractivity contribution in [2.45, 2.75) is 29.8 Å². The lowest BCUT2D eigenvalue weighted by molar-refractivity contribution is 0.00445. The molecule has 1 aromatic heterocycles. The second-order valence-corrected chi connectivity index (χ2v) is 6.40. The van der Waals surface area contributed by atoms with Crippen molar-refractivity contribution in [2.24, 2.45) is 5.92 Å². The number of aliphatic hydroxyl groups excluding tert-OH is 3. The molecule has 8 heteroatoms. The van der Waals surface area contributed by atoms with Crippen LogP contribution in [0, 0.1) is 9.49 Å². The van der Waals surface area contributed by atoms with Gasteiger partial charge in [-0.25, -0.2) is 9.97 Å². The van der Waals surface area contributed by atoms with Crippen LogP contribution in [0.1, 0.15) is 6.42 Å². The lowest BCUT2D eigenvalue weighted by Crippen LogP contribution is -2.35. The lowest BCUT2D eigenvalue weighted by Gasteiger charge is -2.19. The number of halogens is 1. The van der Waals surface area contributed by atoms with Crippen LogP contribution in [-0.2, 0) is 0 Å². The summed E-state index contributed by atoms with van der Waals surface area (Å²) in [4.78, 5) is 8.49. The molecule has 1 heterocycles. The lowest BCUT2D eigenvalue weighted by atomic mass is 10.1. The number of rotatable bonds is 4. The zero-order valence-corrected chi connectivity index (χ0v) is 13.3. The van der Waals surface area contributed by atoms with E-state index in [1.165, 1.54) is 11.8 Å². The Labute approximate surface area is 129 Å². The van der Waals surface area contributed by atoms with Gasteiger partial charge in [0.05, 0.1) is 15.7 Å². The zero-order chi connectivity index (χ0) is 14.0. The number of aliphatic hydroxyl groups is 3. The zero-order valence-electron chi connectivity index (χ0n) is 10.3. The molecule has 1 fully saturated rings.